The lowest BCUT2D eigenvalue weighted by Crippen LogP contribution is -2.00. The van der Waals surface area contributed by atoms with Crippen LogP contribution < -0.4 is 0 Å². The molecular formula is C23H45NO. The van der Waals surface area contributed by atoms with Crippen molar-refractivity contribution >= 4 is 11.5 Å². The van der Waals surface area contributed by atoms with E-state index < -0.39 is 0 Å². The molecule has 0 heterocycles. The highest BCUT2D eigenvalue weighted by Crippen LogP contribution is 2.13. The number of unbranched alkanes of at least 4 members (excludes halogenated alkanes) is 15. The van der Waals surface area contributed by atoms with Gasteiger partial charge in [0.15, 0.2) is 0 Å². The molecule has 0 aliphatic rings. The predicted octanol–water partition coefficient (Wildman–Crippen LogP) is 7.69. The van der Waals surface area contributed by atoms with Crippen molar-refractivity contribution in [2.45, 2.75) is 130 Å². The second-order valence-corrected chi connectivity index (χ2v) is 7.80. The van der Waals surface area contributed by atoms with Crippen LogP contribution in [0.4, 0.5) is 0 Å². The summed E-state index contributed by atoms with van der Waals surface area (Å²) < 4.78 is 0. The lowest BCUT2D eigenvalue weighted by atomic mass is 10.0. The smallest absolute Gasteiger partial charge is 0.135 e. The first kappa shape index (κ1) is 24.3. The average Bonchev–Trinajstić information content (AvgIpc) is 2.57. The number of Topliss-reactive ketones (excluding diaryl/α,β-unsaturated/α-hetero) is 1. The van der Waals surface area contributed by atoms with Crippen LogP contribution in [0, 0.1) is 0 Å². The van der Waals surface area contributed by atoms with E-state index in [4.69, 9.17) is 0 Å². The molecule has 0 aliphatic carbocycles. The Hall–Kier alpha value is -0.660. The molecule has 0 aromatic carbocycles. The third-order valence-corrected chi connectivity index (χ3v) is 4.90. The van der Waals surface area contributed by atoms with Crippen LogP contribution >= 0.6 is 0 Å². The van der Waals surface area contributed by atoms with Crippen LogP contribution in [0.15, 0.2) is 4.99 Å². The van der Waals surface area contributed by atoms with Crippen LogP contribution in [-0.2, 0) is 4.79 Å². The second-order valence-electron chi connectivity index (χ2n) is 7.80. The summed E-state index contributed by atoms with van der Waals surface area (Å²) in [6.07, 6.45) is 22.9. The van der Waals surface area contributed by atoms with Gasteiger partial charge in [-0.05, 0) is 20.3 Å². The van der Waals surface area contributed by atoms with Crippen molar-refractivity contribution in [3.63, 3.8) is 0 Å². The zero-order chi connectivity index (χ0) is 18.6. The summed E-state index contributed by atoms with van der Waals surface area (Å²) in [5.74, 6) is 0.216. The largest absolute Gasteiger partial charge is 0.300 e. The molecule has 0 saturated heterocycles. The van der Waals surface area contributed by atoms with Gasteiger partial charge in [0.2, 0.25) is 0 Å². The molecule has 0 amide bonds. The minimum absolute atomic E-state index is 0.216. The third-order valence-electron chi connectivity index (χ3n) is 4.90. The Labute approximate surface area is 158 Å². The maximum atomic E-state index is 11.0. The van der Waals surface area contributed by atoms with Gasteiger partial charge in [-0.3, -0.25) is 9.79 Å². The molecule has 0 radical (unpaired) electrons. The molecule has 148 valence electrons. The number of aliphatic imine (C=N–C) groups is 1. The first-order chi connectivity index (χ1) is 12.2. The number of rotatable bonds is 19. The summed E-state index contributed by atoms with van der Waals surface area (Å²) in [4.78, 5) is 15.4. The van der Waals surface area contributed by atoms with Gasteiger partial charge in [-0.25, -0.2) is 0 Å². The maximum absolute atomic E-state index is 11.0. The Bertz CT molecular complexity index is 322. The zero-order valence-electron chi connectivity index (χ0n) is 17.6. The maximum Gasteiger partial charge on any atom is 0.135 e. The van der Waals surface area contributed by atoms with E-state index in [1.54, 1.807) is 6.92 Å². The van der Waals surface area contributed by atoms with E-state index in [0.29, 0.717) is 6.42 Å². The Morgan fingerprint density at radius 1 is 0.600 bits per heavy atom. The fourth-order valence-electron chi connectivity index (χ4n) is 3.35. The summed E-state index contributed by atoms with van der Waals surface area (Å²) in [5.41, 5.74) is 0.994. The van der Waals surface area contributed by atoms with Gasteiger partial charge in [0.05, 0.1) is 0 Å². The van der Waals surface area contributed by atoms with Crippen molar-refractivity contribution in [2.75, 3.05) is 6.54 Å². The monoisotopic (exact) mass is 351 g/mol. The van der Waals surface area contributed by atoms with Crippen molar-refractivity contribution < 1.29 is 4.79 Å². The minimum Gasteiger partial charge on any atom is -0.300 e. The number of carbonyl (C=O) groups excluding carboxylic acids is 1. The number of nitrogens with zero attached hydrogens (tertiary/aromatic N) is 1. The van der Waals surface area contributed by atoms with Gasteiger partial charge in [-0.2, -0.15) is 0 Å². The number of ketones is 1. The molecule has 0 aromatic heterocycles. The fraction of sp³-hybridized carbons (Fsp3) is 0.913. The van der Waals surface area contributed by atoms with Crippen molar-refractivity contribution in [2.24, 2.45) is 4.99 Å². The van der Waals surface area contributed by atoms with Crippen LogP contribution in [0.3, 0.4) is 0 Å². The average molecular weight is 352 g/mol. The summed E-state index contributed by atoms with van der Waals surface area (Å²) in [7, 11) is 0. The Morgan fingerprint density at radius 2 is 0.960 bits per heavy atom. The van der Waals surface area contributed by atoms with Gasteiger partial charge in [-0.15, -0.1) is 0 Å². The lowest BCUT2D eigenvalue weighted by molar-refractivity contribution is -0.115. The van der Waals surface area contributed by atoms with Crippen molar-refractivity contribution in [1.82, 2.24) is 0 Å². The van der Waals surface area contributed by atoms with E-state index in [9.17, 15) is 4.79 Å². The highest BCUT2D eigenvalue weighted by molar-refractivity contribution is 5.99. The molecular weight excluding hydrogens is 306 g/mol. The minimum atomic E-state index is 0.216. The molecule has 0 unspecified atom stereocenters. The molecule has 0 saturated carbocycles. The van der Waals surface area contributed by atoms with Crippen molar-refractivity contribution in [3.05, 3.63) is 0 Å². The van der Waals surface area contributed by atoms with Gasteiger partial charge in [0, 0.05) is 18.7 Å². The number of hydrogen-bond donors (Lipinski definition) is 0. The van der Waals surface area contributed by atoms with E-state index in [1.807, 2.05) is 6.92 Å². The Balaban J connectivity index is 3.13. The molecule has 0 fully saturated rings. The molecule has 0 spiro atoms. The summed E-state index contributed by atoms with van der Waals surface area (Å²) in [6.45, 7) is 6.78. The van der Waals surface area contributed by atoms with Gasteiger partial charge in [0.1, 0.15) is 5.78 Å². The first-order valence-electron chi connectivity index (χ1n) is 11.2. The van der Waals surface area contributed by atoms with E-state index in [0.717, 1.165) is 12.3 Å². The predicted molar refractivity (Wildman–Crippen MR) is 113 cm³/mol. The van der Waals surface area contributed by atoms with Crippen LogP contribution in [0.2, 0.25) is 0 Å². The Kier molecular flexibility index (Phi) is 19.1. The van der Waals surface area contributed by atoms with Gasteiger partial charge >= 0.3 is 0 Å². The molecule has 0 atom stereocenters. The molecule has 2 heteroatoms. The molecule has 0 N–H and O–H groups in total. The van der Waals surface area contributed by atoms with E-state index in [2.05, 4.69) is 11.9 Å². The standard InChI is InChI=1S/C23H45NO/c1-4-5-6-7-8-9-10-11-12-13-14-15-16-17-18-19-20-24-22(2)21-23(3)25/h4-21H2,1-3H3. The van der Waals surface area contributed by atoms with Crippen LogP contribution in [0.25, 0.3) is 0 Å². The van der Waals surface area contributed by atoms with Crippen molar-refractivity contribution in [3.8, 4) is 0 Å². The molecule has 0 rings (SSSR count). The van der Waals surface area contributed by atoms with Crippen molar-refractivity contribution in [1.29, 1.82) is 0 Å². The molecule has 0 aliphatic heterocycles. The summed E-state index contributed by atoms with van der Waals surface area (Å²) >= 11 is 0. The van der Waals surface area contributed by atoms with Crippen LogP contribution in [0.1, 0.15) is 130 Å². The van der Waals surface area contributed by atoms with Gasteiger partial charge in [-0.1, -0.05) is 103 Å². The SMILES string of the molecule is CCCCCCCCCCCCCCCCCCN=C(C)CC(C)=O. The third kappa shape index (κ3) is 21.3. The van der Waals surface area contributed by atoms with E-state index >= 15 is 0 Å². The summed E-state index contributed by atoms with van der Waals surface area (Å²) in [5, 5.41) is 0. The fourth-order valence-corrected chi connectivity index (χ4v) is 3.35. The zero-order valence-corrected chi connectivity index (χ0v) is 17.6. The second kappa shape index (κ2) is 19.7. The highest BCUT2D eigenvalue weighted by Gasteiger charge is 1.97. The number of hydrogen-bond acceptors (Lipinski definition) is 2. The Morgan fingerprint density at radius 3 is 1.32 bits per heavy atom. The van der Waals surface area contributed by atoms with E-state index in [-0.39, 0.29) is 5.78 Å². The van der Waals surface area contributed by atoms with Crippen LogP contribution in [0.5, 0.6) is 0 Å². The molecule has 2 nitrogen and oxygen atoms in total. The molecule has 25 heavy (non-hydrogen) atoms. The first-order valence-corrected chi connectivity index (χ1v) is 11.2. The quantitative estimate of drug-likeness (QED) is 0.173. The van der Waals surface area contributed by atoms with Gasteiger partial charge < -0.3 is 0 Å². The topological polar surface area (TPSA) is 29.4 Å². The highest BCUT2D eigenvalue weighted by atomic mass is 16.1. The normalized spacial score (nSPS) is 11.9. The molecule has 0 bridgehead atoms. The van der Waals surface area contributed by atoms with Crippen LogP contribution in [-0.4, -0.2) is 18.0 Å². The number of carbonyl (C=O) groups is 1. The summed E-state index contributed by atoms with van der Waals surface area (Å²) in [6, 6.07) is 0. The lowest BCUT2D eigenvalue weighted by Gasteiger charge is -2.03. The molecule has 0 aromatic rings. The van der Waals surface area contributed by atoms with Gasteiger partial charge in [0.25, 0.3) is 0 Å². The van der Waals surface area contributed by atoms with E-state index in [1.165, 1.54) is 103 Å².